The number of benzene rings is 1. The van der Waals surface area contributed by atoms with Crippen LogP contribution in [0.2, 0.25) is 0 Å². The van der Waals surface area contributed by atoms with Crippen molar-refractivity contribution < 1.29 is 12.8 Å². The fraction of sp³-hybridized carbons (Fsp3) is 0.357. The van der Waals surface area contributed by atoms with E-state index < -0.39 is 15.1 Å². The zero-order valence-electron chi connectivity index (χ0n) is 11.5. The van der Waals surface area contributed by atoms with Crippen molar-refractivity contribution in [2.45, 2.75) is 24.3 Å². The van der Waals surface area contributed by atoms with Crippen molar-refractivity contribution in [3.8, 4) is 0 Å². The lowest BCUT2D eigenvalue weighted by molar-refractivity contribution is 0.574. The first kappa shape index (κ1) is 14.7. The van der Waals surface area contributed by atoms with Crippen LogP contribution < -0.4 is 0 Å². The van der Waals surface area contributed by atoms with Gasteiger partial charge in [0.2, 0.25) is 0 Å². The molecule has 0 aliphatic carbocycles. The van der Waals surface area contributed by atoms with Gasteiger partial charge in [0.05, 0.1) is 16.7 Å². The number of hydrogen-bond acceptors (Lipinski definition) is 3. The predicted octanol–water partition coefficient (Wildman–Crippen LogP) is 2.63. The molecule has 0 fully saturated rings. The lowest BCUT2D eigenvalue weighted by Crippen LogP contribution is -2.16. The molecule has 0 saturated carbocycles. The molecule has 2 rings (SSSR count). The summed E-state index contributed by atoms with van der Waals surface area (Å²) in [4.78, 5) is 0. The van der Waals surface area contributed by atoms with Crippen molar-refractivity contribution in [3.63, 3.8) is 0 Å². The van der Waals surface area contributed by atoms with Gasteiger partial charge in [-0.05, 0) is 30.2 Å². The molecule has 0 aliphatic heterocycles. The van der Waals surface area contributed by atoms with Crippen LogP contribution in [0.15, 0.2) is 36.5 Å². The summed E-state index contributed by atoms with van der Waals surface area (Å²) in [5, 5.41) is 3.35. The second-order valence-electron chi connectivity index (χ2n) is 4.70. The standard InChI is InChI=1S/C14H17FN2O2S/c1-3-14(11-4-6-12(15)7-5-11)20(18,19)10-13-8-9-16-17(13)2/h4-9,14H,3,10H2,1-2H3. The molecule has 0 bridgehead atoms. The normalized spacial score (nSPS) is 13.3. The first-order valence-corrected chi connectivity index (χ1v) is 8.09. The fourth-order valence-electron chi connectivity index (χ4n) is 2.22. The van der Waals surface area contributed by atoms with Gasteiger partial charge >= 0.3 is 0 Å². The van der Waals surface area contributed by atoms with Gasteiger partial charge in [-0.3, -0.25) is 4.68 Å². The van der Waals surface area contributed by atoms with Gasteiger partial charge in [-0.1, -0.05) is 19.1 Å². The number of hydrogen-bond donors (Lipinski definition) is 0. The Morgan fingerprint density at radius 2 is 1.90 bits per heavy atom. The van der Waals surface area contributed by atoms with E-state index in [9.17, 15) is 12.8 Å². The van der Waals surface area contributed by atoms with E-state index in [1.165, 1.54) is 24.3 Å². The van der Waals surface area contributed by atoms with Gasteiger partial charge in [0.15, 0.2) is 9.84 Å². The molecule has 108 valence electrons. The number of halogens is 1. The van der Waals surface area contributed by atoms with Crippen LogP contribution in [0.1, 0.15) is 29.9 Å². The molecule has 0 aliphatic rings. The van der Waals surface area contributed by atoms with E-state index in [0.717, 1.165) is 0 Å². The lowest BCUT2D eigenvalue weighted by Gasteiger charge is -2.16. The van der Waals surface area contributed by atoms with Gasteiger partial charge in [-0.25, -0.2) is 12.8 Å². The molecule has 0 N–H and O–H groups in total. The maximum absolute atomic E-state index is 12.9. The summed E-state index contributed by atoms with van der Waals surface area (Å²) in [6.45, 7) is 1.81. The van der Waals surface area contributed by atoms with Crippen molar-refractivity contribution in [2.24, 2.45) is 7.05 Å². The zero-order chi connectivity index (χ0) is 14.8. The largest absolute Gasteiger partial charge is 0.272 e. The van der Waals surface area contributed by atoms with E-state index in [1.807, 2.05) is 6.92 Å². The molecule has 20 heavy (non-hydrogen) atoms. The number of aromatic nitrogens is 2. The molecule has 1 aromatic carbocycles. The molecule has 1 aromatic heterocycles. The second kappa shape index (κ2) is 5.75. The quantitative estimate of drug-likeness (QED) is 0.852. The molecule has 2 aromatic rings. The highest BCUT2D eigenvalue weighted by Gasteiger charge is 2.26. The molecule has 4 nitrogen and oxygen atoms in total. The second-order valence-corrected chi connectivity index (χ2v) is 6.89. The van der Waals surface area contributed by atoms with Gasteiger partial charge in [-0.15, -0.1) is 0 Å². The van der Waals surface area contributed by atoms with Crippen molar-refractivity contribution in [1.29, 1.82) is 0 Å². The molecule has 0 saturated heterocycles. The number of nitrogens with zero attached hydrogens (tertiary/aromatic N) is 2. The third-order valence-corrected chi connectivity index (χ3v) is 5.49. The third-order valence-electron chi connectivity index (χ3n) is 3.32. The zero-order valence-corrected chi connectivity index (χ0v) is 12.3. The van der Waals surface area contributed by atoms with E-state index >= 15 is 0 Å². The van der Waals surface area contributed by atoms with E-state index in [-0.39, 0.29) is 11.6 Å². The molecule has 1 atom stereocenters. The van der Waals surface area contributed by atoms with Crippen LogP contribution in [0.4, 0.5) is 4.39 Å². The summed E-state index contributed by atoms with van der Waals surface area (Å²) < 4.78 is 39.6. The van der Waals surface area contributed by atoms with Gasteiger partial charge < -0.3 is 0 Å². The van der Waals surface area contributed by atoms with Crippen LogP contribution in [0, 0.1) is 5.82 Å². The van der Waals surface area contributed by atoms with E-state index in [1.54, 1.807) is 24.0 Å². The van der Waals surface area contributed by atoms with Crippen LogP contribution in [-0.2, 0) is 22.6 Å². The first-order chi connectivity index (χ1) is 9.44. The van der Waals surface area contributed by atoms with Crippen molar-refractivity contribution >= 4 is 9.84 Å². The van der Waals surface area contributed by atoms with Crippen LogP contribution >= 0.6 is 0 Å². The smallest absolute Gasteiger partial charge is 0.162 e. The van der Waals surface area contributed by atoms with Crippen molar-refractivity contribution in [1.82, 2.24) is 9.78 Å². The summed E-state index contributed by atoms with van der Waals surface area (Å²) in [5.41, 5.74) is 1.27. The molecule has 0 spiro atoms. The SMILES string of the molecule is CCC(c1ccc(F)cc1)S(=O)(=O)Cc1ccnn1C. The summed E-state index contributed by atoms with van der Waals surface area (Å²) in [6.07, 6.45) is 2.02. The Balaban J connectivity index is 2.30. The first-order valence-electron chi connectivity index (χ1n) is 6.38. The van der Waals surface area contributed by atoms with E-state index in [2.05, 4.69) is 5.10 Å². The van der Waals surface area contributed by atoms with E-state index in [0.29, 0.717) is 17.7 Å². The molecule has 1 unspecified atom stereocenters. The number of aryl methyl sites for hydroxylation is 1. The molecule has 0 amide bonds. The molecular formula is C14H17FN2O2S. The monoisotopic (exact) mass is 296 g/mol. The van der Waals surface area contributed by atoms with E-state index in [4.69, 9.17) is 0 Å². The number of rotatable bonds is 5. The summed E-state index contributed by atoms with van der Waals surface area (Å²) in [5.74, 6) is -0.438. The molecule has 1 heterocycles. The molecular weight excluding hydrogens is 279 g/mol. The lowest BCUT2D eigenvalue weighted by atomic mass is 10.1. The minimum atomic E-state index is -3.37. The van der Waals surface area contributed by atoms with Crippen molar-refractivity contribution in [3.05, 3.63) is 53.6 Å². The Morgan fingerprint density at radius 3 is 2.40 bits per heavy atom. The average Bonchev–Trinajstić information content (AvgIpc) is 2.77. The predicted molar refractivity (Wildman–Crippen MR) is 75.3 cm³/mol. The van der Waals surface area contributed by atoms with Gasteiger partial charge in [0.25, 0.3) is 0 Å². The topological polar surface area (TPSA) is 52.0 Å². The third kappa shape index (κ3) is 3.07. The molecule has 6 heteroatoms. The van der Waals surface area contributed by atoms with Crippen LogP contribution in [0.5, 0.6) is 0 Å². The highest BCUT2D eigenvalue weighted by Crippen LogP contribution is 2.28. The van der Waals surface area contributed by atoms with Gasteiger partial charge in [0.1, 0.15) is 5.82 Å². The van der Waals surface area contributed by atoms with Gasteiger partial charge in [-0.2, -0.15) is 5.10 Å². The Labute approximate surface area is 118 Å². The molecule has 0 radical (unpaired) electrons. The Morgan fingerprint density at radius 1 is 1.25 bits per heavy atom. The Kier molecular flexibility index (Phi) is 4.23. The van der Waals surface area contributed by atoms with Crippen molar-refractivity contribution in [2.75, 3.05) is 0 Å². The van der Waals surface area contributed by atoms with Gasteiger partial charge in [0, 0.05) is 13.2 Å². The average molecular weight is 296 g/mol. The maximum Gasteiger partial charge on any atom is 0.162 e. The Bertz CT molecular complexity index is 677. The van der Waals surface area contributed by atoms with Crippen LogP contribution in [0.25, 0.3) is 0 Å². The maximum atomic E-state index is 12.9. The minimum Gasteiger partial charge on any atom is -0.272 e. The summed E-state index contributed by atoms with van der Waals surface area (Å²) >= 11 is 0. The van der Waals surface area contributed by atoms with Crippen LogP contribution in [0.3, 0.4) is 0 Å². The summed E-state index contributed by atoms with van der Waals surface area (Å²) in [7, 11) is -1.66. The Hall–Kier alpha value is -1.69. The highest BCUT2D eigenvalue weighted by atomic mass is 32.2. The fourth-order valence-corrected chi connectivity index (χ4v) is 4.20. The minimum absolute atomic E-state index is 0.0701. The summed E-state index contributed by atoms with van der Waals surface area (Å²) in [6, 6.07) is 7.33. The number of sulfone groups is 1. The highest BCUT2D eigenvalue weighted by molar-refractivity contribution is 7.90. The van der Waals surface area contributed by atoms with Crippen LogP contribution in [-0.4, -0.2) is 18.2 Å².